The molecule has 0 aliphatic heterocycles. The fourth-order valence-corrected chi connectivity index (χ4v) is 1.69. The summed E-state index contributed by atoms with van der Waals surface area (Å²) in [6.45, 7) is 5.67. The highest BCUT2D eigenvalue weighted by Gasteiger charge is 2.00. The molecule has 84 valence electrons. The molecule has 0 saturated heterocycles. The van der Waals surface area contributed by atoms with Crippen LogP contribution in [-0.4, -0.2) is 6.54 Å². The molecule has 1 aromatic carbocycles. The fraction of sp³-hybridized carbons (Fsp3) is 0.571. The second-order valence-corrected chi connectivity index (χ2v) is 4.35. The van der Waals surface area contributed by atoms with Gasteiger partial charge in [-0.05, 0) is 24.5 Å². The third-order valence-corrected chi connectivity index (χ3v) is 2.73. The van der Waals surface area contributed by atoms with Crippen molar-refractivity contribution in [3.63, 3.8) is 0 Å². The Morgan fingerprint density at radius 2 is 1.87 bits per heavy atom. The fourth-order valence-electron chi connectivity index (χ4n) is 1.69. The molecule has 0 aromatic heterocycles. The Morgan fingerprint density at radius 3 is 2.53 bits per heavy atom. The van der Waals surface area contributed by atoms with Crippen LogP contribution in [0.1, 0.15) is 39.5 Å². The number of nitrogens with one attached hydrogen (secondary N) is 1. The maximum absolute atomic E-state index is 3.47. The Labute approximate surface area is 93.9 Å². The van der Waals surface area contributed by atoms with Crippen molar-refractivity contribution in [1.82, 2.24) is 0 Å². The average molecular weight is 205 g/mol. The molecule has 0 fully saturated rings. The van der Waals surface area contributed by atoms with Crippen LogP contribution in [0, 0.1) is 5.92 Å². The van der Waals surface area contributed by atoms with E-state index in [9.17, 15) is 0 Å². The predicted molar refractivity (Wildman–Crippen MR) is 68.2 cm³/mol. The first-order valence-corrected chi connectivity index (χ1v) is 6.12. The zero-order chi connectivity index (χ0) is 10.9. The monoisotopic (exact) mass is 205 g/mol. The quantitative estimate of drug-likeness (QED) is 0.654. The van der Waals surface area contributed by atoms with Crippen LogP contribution in [0.3, 0.4) is 0 Å². The molecule has 0 bridgehead atoms. The molecular weight excluding hydrogens is 182 g/mol. The molecule has 0 aliphatic carbocycles. The highest BCUT2D eigenvalue weighted by Crippen LogP contribution is 2.11. The number of rotatable bonds is 7. The van der Waals surface area contributed by atoms with Crippen molar-refractivity contribution in [2.45, 2.75) is 39.5 Å². The van der Waals surface area contributed by atoms with Crippen molar-refractivity contribution in [1.29, 1.82) is 0 Å². The van der Waals surface area contributed by atoms with Crippen LogP contribution >= 0.6 is 0 Å². The Bertz CT molecular complexity index is 243. The van der Waals surface area contributed by atoms with Crippen LogP contribution in [0.25, 0.3) is 0 Å². The van der Waals surface area contributed by atoms with Gasteiger partial charge >= 0.3 is 0 Å². The van der Waals surface area contributed by atoms with E-state index in [1.54, 1.807) is 0 Å². The molecule has 0 saturated carbocycles. The topological polar surface area (TPSA) is 12.0 Å². The van der Waals surface area contributed by atoms with Crippen LogP contribution in [0.5, 0.6) is 0 Å². The third kappa shape index (κ3) is 5.46. The molecule has 1 rings (SSSR count). The van der Waals surface area contributed by atoms with Gasteiger partial charge in [0.15, 0.2) is 0 Å². The minimum atomic E-state index is 0.775. The van der Waals surface area contributed by atoms with Crippen molar-refractivity contribution < 1.29 is 0 Å². The van der Waals surface area contributed by atoms with E-state index >= 15 is 0 Å². The van der Waals surface area contributed by atoms with Gasteiger partial charge in [-0.15, -0.1) is 0 Å². The van der Waals surface area contributed by atoms with Crippen molar-refractivity contribution in [3.8, 4) is 0 Å². The van der Waals surface area contributed by atoms with Gasteiger partial charge in [-0.1, -0.05) is 51.3 Å². The molecule has 0 aliphatic rings. The molecule has 0 heterocycles. The lowest BCUT2D eigenvalue weighted by molar-refractivity contribution is 0.516. The lowest BCUT2D eigenvalue weighted by Gasteiger charge is -2.13. The first-order chi connectivity index (χ1) is 7.33. The molecule has 1 atom stereocenters. The van der Waals surface area contributed by atoms with Gasteiger partial charge in [0.25, 0.3) is 0 Å². The van der Waals surface area contributed by atoms with Crippen molar-refractivity contribution in [2.24, 2.45) is 5.92 Å². The minimum Gasteiger partial charge on any atom is -0.385 e. The number of unbranched alkanes of at least 4 members (excludes halogenated alkanes) is 2. The second kappa shape index (κ2) is 7.33. The van der Waals surface area contributed by atoms with Gasteiger partial charge in [-0.2, -0.15) is 0 Å². The maximum atomic E-state index is 3.47. The van der Waals surface area contributed by atoms with E-state index in [0.717, 1.165) is 12.5 Å². The van der Waals surface area contributed by atoms with E-state index in [2.05, 4.69) is 49.5 Å². The largest absolute Gasteiger partial charge is 0.385 e. The highest BCUT2D eigenvalue weighted by atomic mass is 14.9. The number of para-hydroxylation sites is 1. The molecule has 1 N–H and O–H groups in total. The van der Waals surface area contributed by atoms with Crippen LogP contribution in [-0.2, 0) is 0 Å². The second-order valence-electron chi connectivity index (χ2n) is 4.35. The Balaban J connectivity index is 2.14. The molecule has 1 unspecified atom stereocenters. The van der Waals surface area contributed by atoms with Crippen molar-refractivity contribution in [2.75, 3.05) is 11.9 Å². The summed E-state index contributed by atoms with van der Waals surface area (Å²) in [5.41, 5.74) is 1.24. The average Bonchev–Trinajstić information content (AvgIpc) is 2.28. The van der Waals surface area contributed by atoms with E-state index in [1.807, 2.05) is 0 Å². The van der Waals surface area contributed by atoms with Gasteiger partial charge in [0.05, 0.1) is 0 Å². The maximum Gasteiger partial charge on any atom is 0.0340 e. The summed E-state index contributed by atoms with van der Waals surface area (Å²) in [6.07, 6.45) is 5.40. The Hall–Kier alpha value is -0.980. The molecule has 0 radical (unpaired) electrons. The minimum absolute atomic E-state index is 0.775. The summed E-state index contributed by atoms with van der Waals surface area (Å²) in [6, 6.07) is 10.4. The highest BCUT2D eigenvalue weighted by molar-refractivity contribution is 5.42. The molecular formula is C14H23N. The van der Waals surface area contributed by atoms with E-state index in [0.29, 0.717) is 0 Å². The zero-order valence-corrected chi connectivity index (χ0v) is 10.00. The number of hydrogen-bond acceptors (Lipinski definition) is 1. The van der Waals surface area contributed by atoms with Crippen LogP contribution in [0.4, 0.5) is 5.69 Å². The van der Waals surface area contributed by atoms with E-state index in [4.69, 9.17) is 0 Å². The molecule has 1 aromatic rings. The summed E-state index contributed by atoms with van der Waals surface area (Å²) in [7, 11) is 0. The van der Waals surface area contributed by atoms with Gasteiger partial charge in [-0.3, -0.25) is 0 Å². The first-order valence-electron chi connectivity index (χ1n) is 6.12. The molecule has 1 heteroatoms. The van der Waals surface area contributed by atoms with Gasteiger partial charge < -0.3 is 5.32 Å². The summed E-state index contributed by atoms with van der Waals surface area (Å²) < 4.78 is 0. The molecule has 1 nitrogen and oxygen atoms in total. The standard InChI is InChI=1S/C14H23N/c1-3-4-6-9-13(2)12-15-14-10-7-5-8-11-14/h5,7-8,10-11,13,15H,3-4,6,9,12H2,1-2H3. The van der Waals surface area contributed by atoms with Gasteiger partial charge in [0.1, 0.15) is 0 Å². The normalized spacial score (nSPS) is 12.4. The predicted octanol–water partition coefficient (Wildman–Crippen LogP) is 4.31. The van der Waals surface area contributed by atoms with Crippen molar-refractivity contribution >= 4 is 5.69 Å². The van der Waals surface area contributed by atoms with Crippen LogP contribution < -0.4 is 5.32 Å². The smallest absolute Gasteiger partial charge is 0.0340 e. The van der Waals surface area contributed by atoms with Crippen molar-refractivity contribution in [3.05, 3.63) is 30.3 Å². The summed E-state index contributed by atoms with van der Waals surface area (Å²) in [5.74, 6) is 0.775. The summed E-state index contributed by atoms with van der Waals surface area (Å²) >= 11 is 0. The number of hydrogen-bond donors (Lipinski definition) is 1. The van der Waals surface area contributed by atoms with E-state index < -0.39 is 0 Å². The molecule has 15 heavy (non-hydrogen) atoms. The Kier molecular flexibility index (Phi) is 5.91. The van der Waals surface area contributed by atoms with Gasteiger partial charge in [-0.25, -0.2) is 0 Å². The van der Waals surface area contributed by atoms with E-state index in [1.165, 1.54) is 31.4 Å². The summed E-state index contributed by atoms with van der Waals surface area (Å²) in [4.78, 5) is 0. The first kappa shape index (κ1) is 12.1. The summed E-state index contributed by atoms with van der Waals surface area (Å²) in [5, 5.41) is 3.47. The lowest BCUT2D eigenvalue weighted by Crippen LogP contribution is -2.11. The van der Waals surface area contributed by atoms with Gasteiger partial charge in [0.2, 0.25) is 0 Å². The lowest BCUT2D eigenvalue weighted by atomic mass is 10.0. The Morgan fingerprint density at radius 1 is 1.13 bits per heavy atom. The van der Waals surface area contributed by atoms with E-state index in [-0.39, 0.29) is 0 Å². The SMILES string of the molecule is CCCCCC(C)CNc1ccccc1. The van der Waals surface area contributed by atoms with Crippen LogP contribution in [0.15, 0.2) is 30.3 Å². The van der Waals surface area contributed by atoms with Crippen LogP contribution in [0.2, 0.25) is 0 Å². The third-order valence-electron chi connectivity index (χ3n) is 2.73. The van der Waals surface area contributed by atoms with Gasteiger partial charge in [0, 0.05) is 12.2 Å². The number of benzene rings is 1. The molecule has 0 spiro atoms. The number of anilines is 1. The zero-order valence-electron chi connectivity index (χ0n) is 10.00. The molecule has 0 amide bonds.